The average Bonchev–Trinajstić information content (AvgIpc) is 2.46. The van der Waals surface area contributed by atoms with Gasteiger partial charge in [-0.2, -0.15) is 13.2 Å². The third-order valence-corrected chi connectivity index (χ3v) is 2.76. The first kappa shape index (κ1) is 15.0. The fourth-order valence-electron chi connectivity index (χ4n) is 1.77. The molecule has 110 valence electrons. The molecule has 1 aromatic heterocycles. The normalized spacial score (nSPS) is 11.2. The molecule has 2 aromatic rings. The van der Waals surface area contributed by atoms with Crippen molar-refractivity contribution in [2.75, 3.05) is 5.32 Å². The Morgan fingerprint density at radius 2 is 1.81 bits per heavy atom. The summed E-state index contributed by atoms with van der Waals surface area (Å²) in [6, 6.07) is 4.88. The highest BCUT2D eigenvalue weighted by molar-refractivity contribution is 5.91. The second-order valence-corrected chi connectivity index (χ2v) is 4.34. The smallest absolute Gasteiger partial charge is 0.325 e. The lowest BCUT2D eigenvalue weighted by Gasteiger charge is -2.13. The fourth-order valence-corrected chi connectivity index (χ4v) is 1.77. The molecular weight excluding hydrogens is 283 g/mol. The highest BCUT2D eigenvalue weighted by Crippen LogP contribution is 2.34. The minimum atomic E-state index is -4.50. The molecule has 21 heavy (non-hydrogen) atoms. The number of benzene rings is 1. The van der Waals surface area contributed by atoms with E-state index in [2.05, 4.69) is 15.3 Å². The van der Waals surface area contributed by atoms with Gasteiger partial charge in [-0.15, -0.1) is 0 Å². The number of hydrogen-bond acceptors (Lipinski definition) is 3. The van der Waals surface area contributed by atoms with Crippen LogP contribution in [0.25, 0.3) is 0 Å². The SMILES string of the molecule is O=C(CCc1cncnc1)Nc1ccccc1C(F)(F)F. The minimum absolute atomic E-state index is 0.0551. The zero-order valence-electron chi connectivity index (χ0n) is 10.9. The molecule has 0 aliphatic rings. The van der Waals surface area contributed by atoms with Gasteiger partial charge in [-0.25, -0.2) is 9.97 Å². The van der Waals surface area contributed by atoms with Crippen LogP contribution in [0.1, 0.15) is 17.5 Å². The van der Waals surface area contributed by atoms with Crippen LogP contribution < -0.4 is 5.32 Å². The monoisotopic (exact) mass is 295 g/mol. The quantitative estimate of drug-likeness (QED) is 0.943. The number of nitrogens with one attached hydrogen (secondary N) is 1. The lowest BCUT2D eigenvalue weighted by atomic mass is 10.1. The number of hydrogen-bond donors (Lipinski definition) is 1. The first-order valence-electron chi connectivity index (χ1n) is 6.17. The standard InChI is InChI=1S/C14H12F3N3O/c15-14(16,17)11-3-1-2-4-12(11)20-13(21)6-5-10-7-18-9-19-8-10/h1-4,7-9H,5-6H2,(H,20,21). The molecule has 0 saturated carbocycles. The van der Waals surface area contributed by atoms with Crippen LogP contribution in [-0.4, -0.2) is 15.9 Å². The van der Waals surface area contributed by atoms with Crippen LogP contribution in [0.2, 0.25) is 0 Å². The Labute approximate surface area is 119 Å². The van der Waals surface area contributed by atoms with Gasteiger partial charge in [0.25, 0.3) is 0 Å². The number of alkyl halides is 3. The van der Waals surface area contributed by atoms with E-state index in [1.54, 1.807) is 12.4 Å². The molecule has 0 unspecified atom stereocenters. The van der Waals surface area contributed by atoms with Crippen molar-refractivity contribution in [3.05, 3.63) is 54.1 Å². The van der Waals surface area contributed by atoms with Crippen molar-refractivity contribution in [1.29, 1.82) is 0 Å². The third kappa shape index (κ3) is 4.27. The zero-order valence-corrected chi connectivity index (χ0v) is 10.9. The number of anilines is 1. The molecule has 0 radical (unpaired) electrons. The number of aryl methyl sites for hydroxylation is 1. The number of para-hydroxylation sites is 1. The van der Waals surface area contributed by atoms with Gasteiger partial charge in [-0.3, -0.25) is 4.79 Å². The van der Waals surface area contributed by atoms with Crippen LogP contribution in [0.4, 0.5) is 18.9 Å². The van der Waals surface area contributed by atoms with Gasteiger partial charge in [0.2, 0.25) is 5.91 Å². The molecule has 0 atom stereocenters. The van der Waals surface area contributed by atoms with E-state index < -0.39 is 17.6 Å². The molecule has 0 fully saturated rings. The van der Waals surface area contributed by atoms with Gasteiger partial charge >= 0.3 is 6.18 Å². The molecule has 7 heteroatoms. The van der Waals surface area contributed by atoms with E-state index >= 15 is 0 Å². The molecular formula is C14H12F3N3O. The van der Waals surface area contributed by atoms with E-state index in [9.17, 15) is 18.0 Å². The van der Waals surface area contributed by atoms with Crippen molar-refractivity contribution in [3.63, 3.8) is 0 Å². The number of nitrogens with zero attached hydrogens (tertiary/aromatic N) is 2. The predicted molar refractivity (Wildman–Crippen MR) is 70.4 cm³/mol. The van der Waals surface area contributed by atoms with Crippen LogP contribution in [-0.2, 0) is 17.4 Å². The Morgan fingerprint density at radius 3 is 2.48 bits per heavy atom. The number of carbonyl (C=O) groups is 1. The Hall–Kier alpha value is -2.44. The summed E-state index contributed by atoms with van der Waals surface area (Å²) in [4.78, 5) is 19.3. The van der Waals surface area contributed by atoms with Gasteiger partial charge in [0.1, 0.15) is 6.33 Å². The Kier molecular flexibility index (Phi) is 4.52. The van der Waals surface area contributed by atoms with E-state index in [0.717, 1.165) is 11.6 Å². The highest BCUT2D eigenvalue weighted by atomic mass is 19.4. The molecule has 1 amide bonds. The van der Waals surface area contributed by atoms with Gasteiger partial charge in [-0.05, 0) is 24.1 Å². The maximum Gasteiger partial charge on any atom is 0.418 e. The summed E-state index contributed by atoms with van der Waals surface area (Å²) in [5, 5.41) is 2.29. The second kappa shape index (κ2) is 6.34. The Bertz CT molecular complexity index is 614. The van der Waals surface area contributed by atoms with Gasteiger partial charge in [0.15, 0.2) is 0 Å². The fraction of sp³-hybridized carbons (Fsp3) is 0.214. The van der Waals surface area contributed by atoms with Gasteiger partial charge in [0, 0.05) is 18.8 Å². The van der Waals surface area contributed by atoms with E-state index in [1.165, 1.54) is 24.5 Å². The average molecular weight is 295 g/mol. The zero-order chi connectivity index (χ0) is 15.3. The summed E-state index contributed by atoms with van der Waals surface area (Å²) in [5.74, 6) is -0.490. The molecule has 0 spiro atoms. The van der Waals surface area contributed by atoms with Gasteiger partial charge < -0.3 is 5.32 Å². The number of halogens is 3. The second-order valence-electron chi connectivity index (χ2n) is 4.34. The number of carbonyl (C=O) groups excluding carboxylic acids is 1. The van der Waals surface area contributed by atoms with E-state index in [0.29, 0.717) is 6.42 Å². The topological polar surface area (TPSA) is 54.9 Å². The van der Waals surface area contributed by atoms with Crippen molar-refractivity contribution in [1.82, 2.24) is 9.97 Å². The lowest BCUT2D eigenvalue weighted by Crippen LogP contribution is -2.16. The van der Waals surface area contributed by atoms with Crippen LogP contribution in [0.5, 0.6) is 0 Å². The Balaban J connectivity index is 2.00. The van der Waals surface area contributed by atoms with Crippen molar-refractivity contribution in [3.8, 4) is 0 Å². The largest absolute Gasteiger partial charge is 0.418 e. The van der Waals surface area contributed by atoms with Gasteiger partial charge in [-0.1, -0.05) is 12.1 Å². The van der Waals surface area contributed by atoms with Crippen LogP contribution in [0.15, 0.2) is 43.0 Å². The molecule has 0 aliphatic heterocycles. The predicted octanol–water partition coefficient (Wildman–Crippen LogP) is 3.07. The summed E-state index contributed by atoms with van der Waals surface area (Å²) >= 11 is 0. The van der Waals surface area contributed by atoms with Crippen molar-refractivity contribution >= 4 is 11.6 Å². The molecule has 0 saturated heterocycles. The number of rotatable bonds is 4. The lowest BCUT2D eigenvalue weighted by molar-refractivity contribution is -0.137. The molecule has 4 nitrogen and oxygen atoms in total. The molecule has 2 rings (SSSR count). The first-order chi connectivity index (χ1) is 9.97. The summed E-state index contributed by atoms with van der Waals surface area (Å²) in [6.07, 6.45) is 0.397. The molecule has 1 aromatic carbocycles. The maximum absolute atomic E-state index is 12.8. The van der Waals surface area contributed by atoms with Crippen molar-refractivity contribution < 1.29 is 18.0 Å². The summed E-state index contributed by atoms with van der Waals surface area (Å²) < 4.78 is 38.3. The first-order valence-corrected chi connectivity index (χ1v) is 6.17. The van der Waals surface area contributed by atoms with Crippen molar-refractivity contribution in [2.45, 2.75) is 19.0 Å². The van der Waals surface area contributed by atoms with Crippen LogP contribution in [0.3, 0.4) is 0 Å². The van der Waals surface area contributed by atoms with Crippen LogP contribution >= 0.6 is 0 Å². The molecule has 1 N–H and O–H groups in total. The molecule has 0 bridgehead atoms. The van der Waals surface area contributed by atoms with Crippen LogP contribution in [0, 0.1) is 0 Å². The summed E-state index contributed by atoms with van der Waals surface area (Å²) in [7, 11) is 0. The molecule has 1 heterocycles. The maximum atomic E-state index is 12.8. The Morgan fingerprint density at radius 1 is 1.14 bits per heavy atom. The summed E-state index contributed by atoms with van der Waals surface area (Å²) in [5.41, 5.74) is -0.350. The van der Waals surface area contributed by atoms with Gasteiger partial charge in [0.05, 0.1) is 11.3 Å². The van der Waals surface area contributed by atoms with E-state index in [4.69, 9.17) is 0 Å². The molecule has 0 aliphatic carbocycles. The number of amides is 1. The van der Waals surface area contributed by atoms with E-state index in [-0.39, 0.29) is 12.1 Å². The highest BCUT2D eigenvalue weighted by Gasteiger charge is 2.33. The summed E-state index contributed by atoms with van der Waals surface area (Å²) in [6.45, 7) is 0. The number of aromatic nitrogens is 2. The van der Waals surface area contributed by atoms with Crippen molar-refractivity contribution in [2.24, 2.45) is 0 Å². The minimum Gasteiger partial charge on any atom is -0.325 e. The third-order valence-electron chi connectivity index (χ3n) is 2.76. The van der Waals surface area contributed by atoms with E-state index in [1.807, 2.05) is 0 Å².